The van der Waals surface area contributed by atoms with E-state index >= 15 is 0 Å². The molecule has 0 heterocycles. The third kappa shape index (κ3) is 2.32. The van der Waals surface area contributed by atoms with Gasteiger partial charge in [0.05, 0.1) is 5.92 Å². The lowest BCUT2D eigenvalue weighted by Crippen LogP contribution is -2.02. The van der Waals surface area contributed by atoms with E-state index in [1.54, 1.807) is 0 Å². The molecule has 0 aromatic heterocycles. The SMILES string of the molecule is O=CC(c1ccc(F)cc1)c1cc(O)ccc1O. The van der Waals surface area contributed by atoms with Gasteiger partial charge in [-0.05, 0) is 35.9 Å². The zero-order valence-corrected chi connectivity index (χ0v) is 9.38. The fourth-order valence-corrected chi connectivity index (χ4v) is 1.79. The highest BCUT2D eigenvalue weighted by Crippen LogP contribution is 2.32. The fraction of sp³-hybridized carbons (Fsp3) is 0.0714. The van der Waals surface area contributed by atoms with Gasteiger partial charge in [0.2, 0.25) is 0 Å². The third-order valence-corrected chi connectivity index (χ3v) is 2.71. The number of halogens is 1. The number of rotatable bonds is 3. The van der Waals surface area contributed by atoms with Crippen molar-refractivity contribution in [1.82, 2.24) is 0 Å². The van der Waals surface area contributed by atoms with E-state index in [9.17, 15) is 19.4 Å². The summed E-state index contributed by atoms with van der Waals surface area (Å²) < 4.78 is 12.8. The van der Waals surface area contributed by atoms with Crippen molar-refractivity contribution in [3.63, 3.8) is 0 Å². The van der Waals surface area contributed by atoms with Gasteiger partial charge in [-0.15, -0.1) is 0 Å². The predicted octanol–water partition coefficient (Wildman–Crippen LogP) is 2.57. The molecule has 0 saturated heterocycles. The molecule has 0 fully saturated rings. The van der Waals surface area contributed by atoms with Gasteiger partial charge in [-0.3, -0.25) is 0 Å². The zero-order valence-electron chi connectivity index (χ0n) is 9.38. The highest BCUT2D eigenvalue weighted by atomic mass is 19.1. The van der Waals surface area contributed by atoms with Crippen LogP contribution in [0.2, 0.25) is 0 Å². The van der Waals surface area contributed by atoms with Gasteiger partial charge < -0.3 is 15.0 Å². The highest BCUT2D eigenvalue weighted by molar-refractivity contribution is 5.70. The molecule has 4 heteroatoms. The average Bonchev–Trinajstić information content (AvgIpc) is 2.37. The maximum atomic E-state index is 12.8. The number of carbonyl (C=O) groups excluding carboxylic acids is 1. The van der Waals surface area contributed by atoms with Crippen LogP contribution in [0.5, 0.6) is 11.5 Å². The molecule has 18 heavy (non-hydrogen) atoms. The summed E-state index contributed by atoms with van der Waals surface area (Å²) in [6.45, 7) is 0. The van der Waals surface area contributed by atoms with Crippen LogP contribution in [0.4, 0.5) is 4.39 Å². The van der Waals surface area contributed by atoms with Crippen LogP contribution in [0.25, 0.3) is 0 Å². The lowest BCUT2D eigenvalue weighted by molar-refractivity contribution is -0.108. The molecular formula is C14H11FO3. The molecule has 0 saturated carbocycles. The lowest BCUT2D eigenvalue weighted by Gasteiger charge is -2.13. The molecule has 0 radical (unpaired) electrons. The number of hydrogen-bond donors (Lipinski definition) is 2. The summed E-state index contributed by atoms with van der Waals surface area (Å²) in [6.07, 6.45) is 0.641. The standard InChI is InChI=1S/C14H11FO3/c15-10-3-1-9(2-4-10)13(8-16)12-7-11(17)5-6-14(12)18/h1-8,13,17-18H. The molecule has 2 aromatic rings. The van der Waals surface area contributed by atoms with Crippen LogP contribution in [0.15, 0.2) is 42.5 Å². The Morgan fingerprint density at radius 2 is 1.72 bits per heavy atom. The van der Waals surface area contributed by atoms with Gasteiger partial charge in [-0.2, -0.15) is 0 Å². The van der Waals surface area contributed by atoms with E-state index in [0.717, 1.165) is 0 Å². The predicted molar refractivity (Wildman–Crippen MR) is 64.1 cm³/mol. The van der Waals surface area contributed by atoms with Crippen molar-refractivity contribution < 1.29 is 19.4 Å². The highest BCUT2D eigenvalue weighted by Gasteiger charge is 2.17. The molecule has 0 aliphatic rings. The van der Waals surface area contributed by atoms with Gasteiger partial charge in [0, 0.05) is 5.56 Å². The second kappa shape index (κ2) is 4.87. The molecule has 0 aliphatic carbocycles. The fourth-order valence-electron chi connectivity index (χ4n) is 1.79. The number of carbonyl (C=O) groups is 1. The van der Waals surface area contributed by atoms with E-state index < -0.39 is 11.7 Å². The molecule has 2 aromatic carbocycles. The third-order valence-electron chi connectivity index (χ3n) is 2.71. The van der Waals surface area contributed by atoms with Crippen LogP contribution in [-0.4, -0.2) is 16.5 Å². The summed E-state index contributed by atoms with van der Waals surface area (Å²) in [5.74, 6) is -1.27. The van der Waals surface area contributed by atoms with Gasteiger partial charge in [0.1, 0.15) is 23.6 Å². The van der Waals surface area contributed by atoms with E-state index in [-0.39, 0.29) is 17.1 Å². The summed E-state index contributed by atoms with van der Waals surface area (Å²) in [5.41, 5.74) is 0.837. The minimum Gasteiger partial charge on any atom is -0.508 e. The van der Waals surface area contributed by atoms with Gasteiger partial charge in [0.15, 0.2) is 0 Å². The van der Waals surface area contributed by atoms with Crippen LogP contribution >= 0.6 is 0 Å². The second-order valence-corrected chi connectivity index (χ2v) is 3.91. The van der Waals surface area contributed by atoms with Gasteiger partial charge >= 0.3 is 0 Å². The van der Waals surface area contributed by atoms with Crippen LogP contribution in [0.3, 0.4) is 0 Å². The van der Waals surface area contributed by atoms with Crippen LogP contribution in [0.1, 0.15) is 17.0 Å². The maximum Gasteiger partial charge on any atom is 0.131 e. The van der Waals surface area contributed by atoms with Crippen molar-refractivity contribution in [2.45, 2.75) is 5.92 Å². The second-order valence-electron chi connectivity index (χ2n) is 3.91. The molecule has 92 valence electrons. The summed E-state index contributed by atoms with van der Waals surface area (Å²) in [4.78, 5) is 11.2. The van der Waals surface area contributed by atoms with Crippen molar-refractivity contribution in [3.05, 3.63) is 59.4 Å². The van der Waals surface area contributed by atoms with Gasteiger partial charge in [0.25, 0.3) is 0 Å². The Hall–Kier alpha value is -2.36. The molecular weight excluding hydrogens is 235 g/mol. The summed E-state index contributed by atoms with van der Waals surface area (Å²) >= 11 is 0. The molecule has 1 unspecified atom stereocenters. The Labute approximate surface area is 103 Å². The largest absolute Gasteiger partial charge is 0.508 e. The van der Waals surface area contributed by atoms with Crippen molar-refractivity contribution in [2.24, 2.45) is 0 Å². The molecule has 0 bridgehead atoms. The first kappa shape index (κ1) is 12.1. The number of aromatic hydroxyl groups is 2. The molecule has 0 spiro atoms. The lowest BCUT2D eigenvalue weighted by atomic mass is 9.92. The summed E-state index contributed by atoms with van der Waals surface area (Å²) in [6, 6.07) is 9.38. The normalized spacial score (nSPS) is 12.1. The van der Waals surface area contributed by atoms with Crippen molar-refractivity contribution in [2.75, 3.05) is 0 Å². The van der Waals surface area contributed by atoms with Gasteiger partial charge in [-0.1, -0.05) is 12.1 Å². The topological polar surface area (TPSA) is 57.5 Å². The summed E-state index contributed by atoms with van der Waals surface area (Å²) in [7, 11) is 0. The molecule has 0 amide bonds. The average molecular weight is 246 g/mol. The number of phenolic OH excluding ortho intramolecular Hbond substituents is 2. The van der Waals surface area contributed by atoms with Crippen LogP contribution < -0.4 is 0 Å². The van der Waals surface area contributed by atoms with Crippen molar-refractivity contribution in [3.8, 4) is 11.5 Å². The van der Waals surface area contributed by atoms with Crippen LogP contribution in [-0.2, 0) is 4.79 Å². The Balaban J connectivity index is 2.48. The Morgan fingerprint density at radius 3 is 2.33 bits per heavy atom. The van der Waals surface area contributed by atoms with Crippen molar-refractivity contribution in [1.29, 1.82) is 0 Å². The zero-order chi connectivity index (χ0) is 13.1. The number of hydrogen-bond acceptors (Lipinski definition) is 3. The van der Waals surface area contributed by atoms with E-state index in [1.165, 1.54) is 42.5 Å². The molecule has 2 rings (SSSR count). The van der Waals surface area contributed by atoms with E-state index in [2.05, 4.69) is 0 Å². The van der Waals surface area contributed by atoms with Crippen molar-refractivity contribution >= 4 is 6.29 Å². The maximum absolute atomic E-state index is 12.8. The number of benzene rings is 2. The van der Waals surface area contributed by atoms with E-state index in [1.807, 2.05) is 0 Å². The first-order chi connectivity index (χ1) is 8.61. The Kier molecular flexibility index (Phi) is 3.28. The first-order valence-corrected chi connectivity index (χ1v) is 5.34. The smallest absolute Gasteiger partial charge is 0.131 e. The minimum atomic E-state index is -0.738. The number of aldehydes is 1. The number of phenols is 2. The van der Waals surface area contributed by atoms with E-state index in [4.69, 9.17) is 0 Å². The molecule has 2 N–H and O–H groups in total. The quantitative estimate of drug-likeness (QED) is 0.646. The molecule has 0 aliphatic heterocycles. The van der Waals surface area contributed by atoms with E-state index in [0.29, 0.717) is 11.8 Å². The molecule has 3 nitrogen and oxygen atoms in total. The monoisotopic (exact) mass is 246 g/mol. The summed E-state index contributed by atoms with van der Waals surface area (Å²) in [5, 5.41) is 19.1. The Bertz CT molecular complexity index is 564. The van der Waals surface area contributed by atoms with Crippen LogP contribution in [0, 0.1) is 5.82 Å². The first-order valence-electron chi connectivity index (χ1n) is 5.34. The Morgan fingerprint density at radius 1 is 1.06 bits per heavy atom. The minimum absolute atomic E-state index is 0.0447. The van der Waals surface area contributed by atoms with Gasteiger partial charge in [-0.25, -0.2) is 4.39 Å². The molecule has 1 atom stereocenters.